The highest BCUT2D eigenvalue weighted by Gasteiger charge is 2.10. The van der Waals surface area contributed by atoms with Gasteiger partial charge in [0, 0.05) is 35.1 Å². The third-order valence-electron chi connectivity index (χ3n) is 3.50. The molecule has 0 heterocycles. The molecule has 0 aliphatic heterocycles. The largest absolute Gasteiger partial charge is 0.322 e. The normalized spacial score (nSPS) is 12.6. The van der Waals surface area contributed by atoms with Gasteiger partial charge in [0.15, 0.2) is 0 Å². The number of carbonyl (C=O) groups is 1. The maximum Gasteiger partial charge on any atom is 0.255 e. The highest BCUT2D eigenvalue weighted by molar-refractivity contribution is 7.90. The van der Waals surface area contributed by atoms with E-state index in [0.29, 0.717) is 22.8 Å². The number of hydrogen-bond acceptors (Lipinski definition) is 4. The van der Waals surface area contributed by atoms with Gasteiger partial charge in [-0.2, -0.15) is 0 Å². The zero-order valence-electron chi connectivity index (χ0n) is 14.1. The number of hydrogen-bond donors (Lipinski definition) is 2. The molecule has 0 bridgehead atoms. The second-order valence-electron chi connectivity index (χ2n) is 6.04. The van der Waals surface area contributed by atoms with E-state index >= 15 is 0 Å². The summed E-state index contributed by atoms with van der Waals surface area (Å²) in [5.41, 5.74) is 2.15. The first kappa shape index (κ1) is 19.4. The number of amides is 1. The van der Waals surface area contributed by atoms with Gasteiger partial charge in [0.05, 0.1) is 5.75 Å². The Hall–Kier alpha value is -1.89. The Balaban J connectivity index is 1.96. The number of halogens is 1. The Bertz CT molecular complexity index is 836. The SMILES string of the molecule is CC(CS(C)(=O)=O)NCc1cccc(NC(=O)c2ccc(Cl)cc2)c1. The zero-order chi connectivity index (χ0) is 18.4. The summed E-state index contributed by atoms with van der Waals surface area (Å²) in [6.45, 7) is 2.34. The molecule has 5 nitrogen and oxygen atoms in total. The second-order valence-corrected chi connectivity index (χ2v) is 8.66. The van der Waals surface area contributed by atoms with Crippen molar-refractivity contribution in [3.63, 3.8) is 0 Å². The zero-order valence-corrected chi connectivity index (χ0v) is 15.7. The standard InChI is InChI=1S/C18H21ClN2O3S/c1-13(12-25(2,23)24)20-11-14-4-3-5-17(10-14)21-18(22)15-6-8-16(19)9-7-15/h3-10,13,20H,11-12H2,1-2H3,(H,21,22). The van der Waals surface area contributed by atoms with Crippen molar-refractivity contribution >= 4 is 33.0 Å². The van der Waals surface area contributed by atoms with Crippen LogP contribution in [-0.4, -0.2) is 32.4 Å². The van der Waals surface area contributed by atoms with Crippen LogP contribution < -0.4 is 10.6 Å². The minimum absolute atomic E-state index is 0.0833. The van der Waals surface area contributed by atoms with Crippen LogP contribution in [0, 0.1) is 0 Å². The number of carbonyl (C=O) groups excluding carboxylic acids is 1. The van der Waals surface area contributed by atoms with E-state index in [9.17, 15) is 13.2 Å². The molecule has 134 valence electrons. The van der Waals surface area contributed by atoms with E-state index in [1.165, 1.54) is 6.26 Å². The van der Waals surface area contributed by atoms with Gasteiger partial charge in [-0.05, 0) is 48.9 Å². The van der Waals surface area contributed by atoms with Gasteiger partial charge in [-0.3, -0.25) is 4.79 Å². The van der Waals surface area contributed by atoms with Crippen LogP contribution in [0.25, 0.3) is 0 Å². The summed E-state index contributed by atoms with van der Waals surface area (Å²) in [6.07, 6.45) is 1.22. The smallest absolute Gasteiger partial charge is 0.255 e. The van der Waals surface area contributed by atoms with Crippen molar-refractivity contribution in [3.05, 3.63) is 64.7 Å². The fraction of sp³-hybridized carbons (Fsp3) is 0.278. The van der Waals surface area contributed by atoms with Crippen LogP contribution in [-0.2, 0) is 16.4 Å². The van der Waals surface area contributed by atoms with Gasteiger partial charge in [-0.1, -0.05) is 23.7 Å². The molecule has 1 unspecified atom stereocenters. The van der Waals surface area contributed by atoms with Crippen molar-refractivity contribution in [3.8, 4) is 0 Å². The van der Waals surface area contributed by atoms with Crippen molar-refractivity contribution in [1.29, 1.82) is 0 Å². The average Bonchev–Trinajstić information content (AvgIpc) is 2.52. The number of anilines is 1. The summed E-state index contributed by atoms with van der Waals surface area (Å²) in [6, 6.07) is 13.9. The van der Waals surface area contributed by atoms with Crippen LogP contribution in [0.2, 0.25) is 5.02 Å². The lowest BCUT2D eigenvalue weighted by molar-refractivity contribution is 0.102. The molecule has 1 atom stereocenters. The molecule has 0 radical (unpaired) electrons. The average molecular weight is 381 g/mol. The summed E-state index contributed by atoms with van der Waals surface area (Å²) < 4.78 is 22.6. The van der Waals surface area contributed by atoms with Gasteiger partial charge in [0.1, 0.15) is 9.84 Å². The lowest BCUT2D eigenvalue weighted by atomic mass is 10.1. The molecule has 0 aliphatic carbocycles. The predicted molar refractivity (Wildman–Crippen MR) is 102 cm³/mol. The number of benzene rings is 2. The second kappa shape index (κ2) is 8.47. The Labute approximate surface area is 153 Å². The van der Waals surface area contributed by atoms with Crippen LogP contribution in [0.3, 0.4) is 0 Å². The highest BCUT2D eigenvalue weighted by atomic mass is 35.5. The fourth-order valence-corrected chi connectivity index (χ4v) is 3.52. The minimum Gasteiger partial charge on any atom is -0.322 e. The highest BCUT2D eigenvalue weighted by Crippen LogP contribution is 2.14. The molecule has 0 saturated carbocycles. The molecule has 2 N–H and O–H groups in total. The third-order valence-corrected chi connectivity index (χ3v) is 4.86. The Morgan fingerprint density at radius 2 is 1.84 bits per heavy atom. The van der Waals surface area contributed by atoms with Crippen molar-refractivity contribution in [1.82, 2.24) is 5.32 Å². The third kappa shape index (κ3) is 6.86. The number of rotatable bonds is 7. The number of nitrogens with one attached hydrogen (secondary N) is 2. The molecule has 2 aromatic rings. The molecule has 0 saturated heterocycles. The molecule has 2 rings (SSSR count). The van der Waals surface area contributed by atoms with E-state index in [-0.39, 0.29) is 17.7 Å². The van der Waals surface area contributed by atoms with E-state index in [0.717, 1.165) is 5.56 Å². The first-order valence-corrected chi connectivity index (χ1v) is 10.2. The van der Waals surface area contributed by atoms with Crippen molar-refractivity contribution in [2.24, 2.45) is 0 Å². The van der Waals surface area contributed by atoms with Gasteiger partial charge in [0.2, 0.25) is 0 Å². The van der Waals surface area contributed by atoms with E-state index in [1.807, 2.05) is 25.1 Å². The quantitative estimate of drug-likeness (QED) is 0.773. The van der Waals surface area contributed by atoms with E-state index in [2.05, 4.69) is 10.6 Å². The fourth-order valence-electron chi connectivity index (χ4n) is 2.37. The Morgan fingerprint density at radius 1 is 1.16 bits per heavy atom. The van der Waals surface area contributed by atoms with E-state index < -0.39 is 9.84 Å². The maximum atomic E-state index is 12.2. The summed E-state index contributed by atoms with van der Waals surface area (Å²) in [5, 5.41) is 6.58. The first-order chi connectivity index (χ1) is 11.7. The molecule has 7 heteroatoms. The molecule has 25 heavy (non-hydrogen) atoms. The van der Waals surface area contributed by atoms with Crippen LogP contribution in [0.5, 0.6) is 0 Å². The molecular formula is C18H21ClN2O3S. The van der Waals surface area contributed by atoms with Gasteiger partial charge >= 0.3 is 0 Å². The summed E-state index contributed by atoms with van der Waals surface area (Å²) in [4.78, 5) is 12.2. The maximum absolute atomic E-state index is 12.2. The molecular weight excluding hydrogens is 360 g/mol. The predicted octanol–water partition coefficient (Wildman–Crippen LogP) is 3.12. The summed E-state index contributed by atoms with van der Waals surface area (Å²) in [7, 11) is -3.01. The molecule has 1 amide bonds. The molecule has 0 spiro atoms. The van der Waals surface area contributed by atoms with Crippen molar-refractivity contribution in [2.75, 3.05) is 17.3 Å². The topological polar surface area (TPSA) is 75.3 Å². The van der Waals surface area contributed by atoms with Crippen LogP contribution in [0.15, 0.2) is 48.5 Å². The first-order valence-electron chi connectivity index (χ1n) is 7.80. The van der Waals surface area contributed by atoms with Gasteiger partial charge in [0.25, 0.3) is 5.91 Å². The Kier molecular flexibility index (Phi) is 6.58. The van der Waals surface area contributed by atoms with Crippen molar-refractivity contribution in [2.45, 2.75) is 19.5 Å². The van der Waals surface area contributed by atoms with E-state index in [1.54, 1.807) is 30.3 Å². The monoisotopic (exact) mass is 380 g/mol. The van der Waals surface area contributed by atoms with E-state index in [4.69, 9.17) is 11.6 Å². The van der Waals surface area contributed by atoms with Crippen molar-refractivity contribution < 1.29 is 13.2 Å². The van der Waals surface area contributed by atoms with Crippen LogP contribution >= 0.6 is 11.6 Å². The van der Waals surface area contributed by atoms with Gasteiger partial charge in [-0.15, -0.1) is 0 Å². The lowest BCUT2D eigenvalue weighted by Gasteiger charge is -2.13. The Morgan fingerprint density at radius 3 is 2.48 bits per heavy atom. The number of sulfone groups is 1. The van der Waals surface area contributed by atoms with Gasteiger partial charge in [-0.25, -0.2) is 8.42 Å². The lowest BCUT2D eigenvalue weighted by Crippen LogP contribution is -2.32. The summed E-state index contributed by atoms with van der Waals surface area (Å²) in [5.74, 6) is -0.132. The van der Waals surface area contributed by atoms with Gasteiger partial charge < -0.3 is 10.6 Å². The molecule has 0 aliphatic rings. The molecule has 2 aromatic carbocycles. The minimum atomic E-state index is -3.01. The molecule has 0 fully saturated rings. The summed E-state index contributed by atoms with van der Waals surface area (Å²) >= 11 is 5.82. The van der Waals surface area contributed by atoms with Crippen LogP contribution in [0.4, 0.5) is 5.69 Å². The van der Waals surface area contributed by atoms with Crippen LogP contribution in [0.1, 0.15) is 22.8 Å². The molecule has 0 aromatic heterocycles.